The Kier molecular flexibility index (Phi) is 3.20. The maximum atomic E-state index is 11.5. The standard InChI is InChI=1S/C12H18N4OS/c1-2-9-14-12(18-16-9)13-8-5-6-10(17)15-11(8)7-3-4-7/h7-8,11H,2-6H2,1H3,(H,15,17)(H,13,14,16)/t8-,11+/m1/s1. The van der Waals surface area contributed by atoms with Gasteiger partial charge in [0.1, 0.15) is 5.82 Å². The first-order valence-corrected chi connectivity index (χ1v) is 7.42. The quantitative estimate of drug-likeness (QED) is 0.868. The van der Waals surface area contributed by atoms with E-state index in [0.29, 0.717) is 18.4 Å². The van der Waals surface area contributed by atoms with E-state index < -0.39 is 0 Å². The Balaban J connectivity index is 1.67. The SMILES string of the molecule is CCc1nsc(N[C@@H]2CCC(=O)N[C@H]2C2CC2)n1. The molecule has 5 nitrogen and oxygen atoms in total. The van der Waals surface area contributed by atoms with E-state index in [1.807, 2.05) is 0 Å². The largest absolute Gasteiger partial charge is 0.355 e. The van der Waals surface area contributed by atoms with E-state index in [4.69, 9.17) is 0 Å². The van der Waals surface area contributed by atoms with Crippen LogP contribution in [0.1, 0.15) is 38.4 Å². The van der Waals surface area contributed by atoms with Gasteiger partial charge in [-0.15, -0.1) is 0 Å². The lowest BCUT2D eigenvalue weighted by atomic mass is 9.94. The molecule has 0 bridgehead atoms. The molecule has 2 heterocycles. The number of aromatic nitrogens is 2. The van der Waals surface area contributed by atoms with Crippen molar-refractivity contribution in [1.29, 1.82) is 0 Å². The van der Waals surface area contributed by atoms with Crippen LogP contribution in [0.2, 0.25) is 0 Å². The van der Waals surface area contributed by atoms with Crippen LogP contribution in [0, 0.1) is 5.92 Å². The lowest BCUT2D eigenvalue weighted by Crippen LogP contribution is -2.52. The molecular weight excluding hydrogens is 248 g/mol. The predicted octanol–water partition coefficient (Wildman–Crippen LogP) is 1.57. The van der Waals surface area contributed by atoms with Crippen LogP contribution in [0.5, 0.6) is 0 Å². The molecule has 1 aliphatic heterocycles. The molecule has 1 saturated carbocycles. The minimum Gasteiger partial charge on any atom is -0.355 e. The number of nitrogens with one attached hydrogen (secondary N) is 2. The number of carbonyl (C=O) groups excluding carboxylic acids is 1. The van der Waals surface area contributed by atoms with Gasteiger partial charge in [0.25, 0.3) is 0 Å². The first-order valence-electron chi connectivity index (χ1n) is 6.64. The van der Waals surface area contributed by atoms with Gasteiger partial charge in [0.2, 0.25) is 11.0 Å². The Bertz CT molecular complexity index is 443. The zero-order valence-electron chi connectivity index (χ0n) is 10.5. The predicted molar refractivity (Wildman–Crippen MR) is 70.6 cm³/mol. The number of rotatable bonds is 4. The van der Waals surface area contributed by atoms with Gasteiger partial charge in [-0.25, -0.2) is 4.98 Å². The summed E-state index contributed by atoms with van der Waals surface area (Å²) < 4.78 is 4.28. The minimum atomic E-state index is 0.191. The van der Waals surface area contributed by atoms with Crippen LogP contribution in [0.4, 0.5) is 5.13 Å². The van der Waals surface area contributed by atoms with Crippen LogP contribution in [-0.2, 0) is 11.2 Å². The fraction of sp³-hybridized carbons (Fsp3) is 0.750. The molecule has 1 aromatic heterocycles. The van der Waals surface area contributed by atoms with E-state index in [0.717, 1.165) is 23.8 Å². The summed E-state index contributed by atoms with van der Waals surface area (Å²) >= 11 is 1.42. The molecule has 2 aliphatic rings. The zero-order valence-corrected chi connectivity index (χ0v) is 11.3. The first-order chi connectivity index (χ1) is 8.76. The summed E-state index contributed by atoms with van der Waals surface area (Å²) in [5.41, 5.74) is 0. The number of amides is 1. The summed E-state index contributed by atoms with van der Waals surface area (Å²) in [7, 11) is 0. The first kappa shape index (κ1) is 11.9. The average Bonchev–Trinajstić information content (AvgIpc) is 3.12. The Morgan fingerprint density at radius 1 is 1.44 bits per heavy atom. The summed E-state index contributed by atoms with van der Waals surface area (Å²) in [5.74, 6) is 1.74. The third-order valence-corrected chi connectivity index (χ3v) is 4.35. The highest BCUT2D eigenvalue weighted by Crippen LogP contribution is 2.37. The highest BCUT2D eigenvalue weighted by atomic mass is 32.1. The van der Waals surface area contributed by atoms with Crippen molar-refractivity contribution in [2.45, 2.75) is 51.1 Å². The van der Waals surface area contributed by atoms with E-state index in [9.17, 15) is 4.79 Å². The zero-order chi connectivity index (χ0) is 12.5. The molecule has 3 rings (SSSR count). The molecule has 0 spiro atoms. The van der Waals surface area contributed by atoms with Gasteiger partial charge in [-0.1, -0.05) is 6.92 Å². The monoisotopic (exact) mass is 266 g/mol. The van der Waals surface area contributed by atoms with Crippen molar-refractivity contribution >= 4 is 22.6 Å². The Morgan fingerprint density at radius 3 is 2.94 bits per heavy atom. The van der Waals surface area contributed by atoms with E-state index in [1.54, 1.807) is 0 Å². The number of anilines is 1. The number of piperidine rings is 1. The van der Waals surface area contributed by atoms with Crippen LogP contribution in [-0.4, -0.2) is 27.3 Å². The van der Waals surface area contributed by atoms with Gasteiger partial charge >= 0.3 is 0 Å². The molecule has 1 amide bonds. The van der Waals surface area contributed by atoms with E-state index in [1.165, 1.54) is 24.4 Å². The number of carbonyl (C=O) groups is 1. The van der Waals surface area contributed by atoms with Gasteiger partial charge in [-0.3, -0.25) is 4.79 Å². The number of nitrogens with zero attached hydrogens (tertiary/aromatic N) is 2. The smallest absolute Gasteiger partial charge is 0.220 e. The average molecular weight is 266 g/mol. The number of hydrogen-bond donors (Lipinski definition) is 2. The van der Waals surface area contributed by atoms with Crippen LogP contribution < -0.4 is 10.6 Å². The molecule has 1 aromatic rings. The summed E-state index contributed by atoms with van der Waals surface area (Å²) in [4.78, 5) is 15.9. The van der Waals surface area contributed by atoms with Crippen molar-refractivity contribution in [3.05, 3.63) is 5.82 Å². The maximum absolute atomic E-state index is 11.5. The van der Waals surface area contributed by atoms with Gasteiger partial charge in [0.15, 0.2) is 0 Å². The van der Waals surface area contributed by atoms with Crippen molar-refractivity contribution in [3.63, 3.8) is 0 Å². The van der Waals surface area contributed by atoms with Crippen LogP contribution >= 0.6 is 11.5 Å². The fourth-order valence-corrected chi connectivity index (χ4v) is 3.22. The summed E-state index contributed by atoms with van der Waals surface area (Å²) in [6, 6.07) is 0.591. The lowest BCUT2D eigenvalue weighted by molar-refractivity contribution is -0.123. The van der Waals surface area contributed by atoms with E-state index in [2.05, 4.69) is 26.9 Å². The third kappa shape index (κ3) is 2.48. The molecule has 98 valence electrons. The highest BCUT2D eigenvalue weighted by Gasteiger charge is 2.40. The van der Waals surface area contributed by atoms with Gasteiger partial charge in [-0.2, -0.15) is 4.37 Å². The van der Waals surface area contributed by atoms with Gasteiger partial charge in [0, 0.05) is 30.4 Å². The van der Waals surface area contributed by atoms with Crippen LogP contribution in [0.25, 0.3) is 0 Å². The van der Waals surface area contributed by atoms with Crippen molar-refractivity contribution in [2.24, 2.45) is 5.92 Å². The molecule has 1 aliphatic carbocycles. The summed E-state index contributed by atoms with van der Waals surface area (Å²) in [6.07, 6.45) is 4.85. The highest BCUT2D eigenvalue weighted by molar-refractivity contribution is 7.09. The van der Waals surface area contributed by atoms with Crippen molar-refractivity contribution in [2.75, 3.05) is 5.32 Å². The second-order valence-electron chi connectivity index (χ2n) is 5.09. The molecule has 2 fully saturated rings. The van der Waals surface area contributed by atoms with Gasteiger partial charge < -0.3 is 10.6 Å². The fourth-order valence-electron chi connectivity index (χ4n) is 2.50. The lowest BCUT2D eigenvalue weighted by Gasteiger charge is -2.32. The van der Waals surface area contributed by atoms with Crippen LogP contribution in [0.3, 0.4) is 0 Å². The molecule has 18 heavy (non-hydrogen) atoms. The van der Waals surface area contributed by atoms with Crippen molar-refractivity contribution in [3.8, 4) is 0 Å². The molecule has 6 heteroatoms. The molecule has 1 saturated heterocycles. The second kappa shape index (κ2) is 4.84. The van der Waals surface area contributed by atoms with E-state index in [-0.39, 0.29) is 11.9 Å². The third-order valence-electron chi connectivity index (χ3n) is 3.67. The molecular formula is C12H18N4OS. The van der Waals surface area contributed by atoms with Gasteiger partial charge in [0.05, 0.1) is 6.04 Å². The Morgan fingerprint density at radius 2 is 2.28 bits per heavy atom. The van der Waals surface area contributed by atoms with E-state index >= 15 is 0 Å². The van der Waals surface area contributed by atoms with Crippen molar-refractivity contribution < 1.29 is 4.79 Å². The molecule has 2 atom stereocenters. The second-order valence-corrected chi connectivity index (χ2v) is 5.84. The number of aryl methyl sites for hydroxylation is 1. The van der Waals surface area contributed by atoms with Crippen LogP contribution in [0.15, 0.2) is 0 Å². The van der Waals surface area contributed by atoms with Crippen molar-refractivity contribution in [1.82, 2.24) is 14.7 Å². The summed E-state index contributed by atoms with van der Waals surface area (Å²) in [6.45, 7) is 2.06. The summed E-state index contributed by atoms with van der Waals surface area (Å²) in [5, 5.41) is 7.47. The normalized spacial score (nSPS) is 27.9. The molecule has 0 unspecified atom stereocenters. The Labute approximate surface area is 111 Å². The topological polar surface area (TPSA) is 66.9 Å². The molecule has 0 aromatic carbocycles. The van der Waals surface area contributed by atoms with Gasteiger partial charge in [-0.05, 0) is 25.2 Å². The maximum Gasteiger partial charge on any atom is 0.220 e. The molecule has 2 N–H and O–H groups in total. The minimum absolute atomic E-state index is 0.191. The molecule has 0 radical (unpaired) electrons. The Hall–Kier alpha value is -1.17. The number of hydrogen-bond acceptors (Lipinski definition) is 5.